The molecule has 8 bridgehead atoms. The van der Waals surface area contributed by atoms with Crippen LogP contribution >= 0.6 is 7.14 Å². The van der Waals surface area contributed by atoms with Crippen molar-refractivity contribution in [2.24, 2.45) is 0 Å². The maximum atomic E-state index is 15.7. The van der Waals surface area contributed by atoms with Crippen molar-refractivity contribution >= 4 is 23.1 Å². The Kier molecular flexibility index (Phi) is 15.5. The molecule has 0 aromatic heterocycles. The van der Waals surface area contributed by atoms with Crippen molar-refractivity contribution < 1.29 is 23.5 Å². The average Bonchev–Trinajstić information content (AvgIpc) is 3.35. The lowest BCUT2D eigenvalue weighted by Crippen LogP contribution is -2.26. The third-order valence-electron chi connectivity index (χ3n) is 11.9. The second-order valence-corrected chi connectivity index (χ2v) is 19.7. The van der Waals surface area contributed by atoms with Gasteiger partial charge in [-0.2, -0.15) is 0 Å². The second-order valence-electron chi connectivity index (χ2n) is 17.0. The van der Waals surface area contributed by atoms with Crippen LogP contribution in [0.4, 0.5) is 0 Å². The molecule has 1 aliphatic carbocycles. The van der Waals surface area contributed by atoms with Crippen LogP contribution in [0.1, 0.15) is 109 Å². The van der Waals surface area contributed by atoms with Crippen molar-refractivity contribution in [3.8, 4) is 34.8 Å². The summed E-state index contributed by atoms with van der Waals surface area (Å²) in [5.74, 6) is 10.8. The minimum absolute atomic E-state index is 0.570. The molecule has 7 aromatic carbocycles. The Labute approximate surface area is 392 Å². The first-order chi connectivity index (χ1) is 32.4. The topological polar surface area (TPSA) is 54.0 Å². The summed E-state index contributed by atoms with van der Waals surface area (Å²) in [4.78, 5) is 0. The van der Waals surface area contributed by atoms with Crippen molar-refractivity contribution in [1.29, 1.82) is 0 Å². The third-order valence-corrected chi connectivity index (χ3v) is 15.0. The van der Waals surface area contributed by atoms with Crippen LogP contribution in [0.3, 0.4) is 0 Å². The fourth-order valence-electron chi connectivity index (χ4n) is 8.91. The molecule has 0 aliphatic heterocycles. The highest BCUT2D eigenvalue weighted by atomic mass is 31.2. The predicted octanol–water partition coefficient (Wildman–Crippen LogP) is 12.6. The molecule has 0 atom stereocenters. The van der Waals surface area contributed by atoms with Crippen molar-refractivity contribution in [3.63, 3.8) is 0 Å². The molecule has 0 amide bonds. The molecule has 1 aliphatic rings. The van der Waals surface area contributed by atoms with Crippen LogP contribution < -0.4 is 34.9 Å². The molecule has 0 fully saturated rings. The zero-order valence-corrected chi connectivity index (χ0v) is 39.8. The quantitative estimate of drug-likeness (QED) is 0.0758. The van der Waals surface area contributed by atoms with Crippen LogP contribution in [0, 0.1) is 11.8 Å². The smallest absolute Gasteiger partial charge is 0.172 e. The van der Waals surface area contributed by atoms with Crippen LogP contribution in [0.2, 0.25) is 0 Å². The molecule has 0 spiro atoms. The molecule has 8 rings (SSSR count). The van der Waals surface area contributed by atoms with E-state index in [-0.39, 0.29) is 0 Å². The van der Waals surface area contributed by atoms with Crippen LogP contribution in [-0.2, 0) is 30.2 Å². The maximum Gasteiger partial charge on any atom is 0.172 e. The van der Waals surface area contributed by atoms with Crippen LogP contribution in [-0.4, -0.2) is 26.4 Å². The van der Waals surface area contributed by atoms with Gasteiger partial charge >= 0.3 is 0 Å². The second kappa shape index (κ2) is 22.1. The van der Waals surface area contributed by atoms with E-state index in [9.17, 15) is 0 Å². The van der Waals surface area contributed by atoms with Gasteiger partial charge in [-0.15, -0.1) is 0 Å². The van der Waals surface area contributed by atoms with E-state index >= 15 is 4.57 Å². The molecule has 6 heteroatoms. The van der Waals surface area contributed by atoms with Crippen molar-refractivity contribution in [3.05, 3.63) is 207 Å². The van der Waals surface area contributed by atoms with Gasteiger partial charge in [0, 0.05) is 63.9 Å². The molecule has 0 unspecified atom stereocenters. The number of rotatable bonds is 15. The van der Waals surface area contributed by atoms with E-state index in [1.54, 1.807) is 0 Å². The van der Waals surface area contributed by atoms with Gasteiger partial charge in [0.1, 0.15) is 23.0 Å². The lowest BCUT2D eigenvalue weighted by atomic mass is 9.90. The van der Waals surface area contributed by atoms with Gasteiger partial charge in [0.05, 0.1) is 26.4 Å². The molecular weight excluding hydrogens is 832 g/mol. The highest BCUT2D eigenvalue weighted by Crippen LogP contribution is 2.44. The lowest BCUT2D eigenvalue weighted by Gasteiger charge is -2.23. The van der Waals surface area contributed by atoms with Gasteiger partial charge in [0.15, 0.2) is 7.14 Å². The predicted molar refractivity (Wildman–Crippen MR) is 272 cm³/mol. The van der Waals surface area contributed by atoms with Crippen molar-refractivity contribution in [1.82, 2.24) is 0 Å². The van der Waals surface area contributed by atoms with Crippen LogP contribution in [0.15, 0.2) is 152 Å². The maximum absolute atomic E-state index is 15.7. The summed E-state index contributed by atoms with van der Waals surface area (Å²) >= 11 is 0. The number of benzene rings is 7. The Hall–Kier alpha value is -6.47. The van der Waals surface area contributed by atoms with E-state index in [2.05, 4.69) is 106 Å². The normalized spacial score (nSPS) is 12.1. The van der Waals surface area contributed by atoms with E-state index in [0.29, 0.717) is 52.1 Å². The number of ether oxygens (including phenoxy) is 4. The first-order valence-corrected chi connectivity index (χ1v) is 25.5. The highest BCUT2D eigenvalue weighted by molar-refractivity contribution is 7.85. The highest BCUT2D eigenvalue weighted by Gasteiger charge is 2.31. The largest absolute Gasteiger partial charge is 0.493 e. The minimum Gasteiger partial charge on any atom is -0.493 e. The zero-order chi connectivity index (χ0) is 45.7. The van der Waals surface area contributed by atoms with Crippen molar-refractivity contribution in [2.75, 3.05) is 26.4 Å². The monoisotopic (exact) mass is 892 g/mol. The Balaban J connectivity index is 1.35. The SMILES string of the molecule is CCCOc1c2cccc1Cc1cccc(c1OCCC)Cc1cc(C#Cc3ccccc3P(=O)(c3ccccc3)c3ccccc3)cc(c1OCCC)Cc1cccc(c1OCCC)C2. The molecular formula is C60H61O5P. The Morgan fingerprint density at radius 2 is 0.727 bits per heavy atom. The standard InChI is InChI=1S/C60H61O5P/c1-5-34-62-57-46-21-17-22-47(57)41-49-24-19-26-51(59(49)64-36-7-3)43-53-39-44(38-52(60(53)65-37-8-4)42-50-25-18-23-48(40-46)58(50)63-35-6-2)32-33-45-20-15-16-31-56(45)66(61,54-27-11-9-12-28-54)55-29-13-10-14-30-55/h9-31,38-39H,5-8,34-37,40-43H2,1-4H3. The molecule has 0 heterocycles. The van der Waals surface area contributed by atoms with Gasteiger partial charge in [0.2, 0.25) is 0 Å². The number of fused-ring (bicyclic) bond motifs is 8. The van der Waals surface area contributed by atoms with Crippen LogP contribution in [0.5, 0.6) is 23.0 Å². The molecule has 7 aromatic rings. The van der Waals surface area contributed by atoms with E-state index < -0.39 is 7.14 Å². The van der Waals surface area contributed by atoms with E-state index in [1.165, 1.54) is 0 Å². The Bertz CT molecular complexity index is 2710. The Morgan fingerprint density at radius 1 is 0.394 bits per heavy atom. The summed E-state index contributed by atoms with van der Waals surface area (Å²) in [6.07, 6.45) is 6.00. The molecule has 66 heavy (non-hydrogen) atoms. The average molecular weight is 893 g/mol. The van der Waals surface area contributed by atoms with Gasteiger partial charge in [0.25, 0.3) is 0 Å². The van der Waals surface area contributed by atoms with E-state index in [1.807, 2.05) is 84.9 Å². The van der Waals surface area contributed by atoms with Gasteiger partial charge < -0.3 is 23.5 Å². The fourth-order valence-corrected chi connectivity index (χ4v) is 11.7. The van der Waals surface area contributed by atoms with Gasteiger partial charge in [-0.1, -0.05) is 167 Å². The van der Waals surface area contributed by atoms with E-state index in [4.69, 9.17) is 18.9 Å². The summed E-state index contributed by atoms with van der Waals surface area (Å²) in [5, 5.41) is 2.27. The Morgan fingerprint density at radius 3 is 1.11 bits per heavy atom. The lowest BCUT2D eigenvalue weighted by molar-refractivity contribution is 0.304. The summed E-state index contributed by atoms with van der Waals surface area (Å²) in [5.41, 5.74) is 10.3. The summed E-state index contributed by atoms with van der Waals surface area (Å²) in [7, 11) is -3.30. The number of hydrogen-bond acceptors (Lipinski definition) is 5. The molecule has 0 saturated carbocycles. The summed E-state index contributed by atoms with van der Waals surface area (Å²) in [6.45, 7) is 11.0. The zero-order valence-electron chi connectivity index (χ0n) is 38.9. The third kappa shape index (κ3) is 10.3. The minimum atomic E-state index is -3.30. The molecule has 0 radical (unpaired) electrons. The molecule has 0 saturated heterocycles. The van der Waals surface area contributed by atoms with Crippen molar-refractivity contribution in [2.45, 2.75) is 79.1 Å². The number of para-hydroxylation sites is 3. The summed E-state index contributed by atoms with van der Waals surface area (Å²) < 4.78 is 42.6. The van der Waals surface area contributed by atoms with Gasteiger partial charge in [-0.05, 0) is 83.3 Å². The summed E-state index contributed by atoms with van der Waals surface area (Å²) in [6, 6.07) is 51.5. The fraction of sp³-hybridized carbons (Fsp3) is 0.267. The molecule has 0 N–H and O–H groups in total. The van der Waals surface area contributed by atoms with Gasteiger partial charge in [-0.3, -0.25) is 0 Å². The first-order valence-electron chi connectivity index (χ1n) is 23.8. The number of hydrogen-bond donors (Lipinski definition) is 0. The molecule has 336 valence electrons. The van der Waals surface area contributed by atoms with Crippen LogP contribution in [0.25, 0.3) is 0 Å². The van der Waals surface area contributed by atoms with Gasteiger partial charge in [-0.25, -0.2) is 0 Å². The molecule has 5 nitrogen and oxygen atoms in total. The first kappa shape index (κ1) is 46.1. The van der Waals surface area contributed by atoms with E-state index in [0.717, 1.165) is 120 Å².